The first kappa shape index (κ1) is 22.5. The lowest BCUT2D eigenvalue weighted by molar-refractivity contribution is -0.151. The lowest BCUT2D eigenvalue weighted by Crippen LogP contribution is -2.53. The molecule has 178 valence electrons. The SMILES string of the molecule is C=CCCCC(=O)N1C(CO)CC23C(=O)N4CCCCC=CCCc5cc(c(o5)C12)C3CC4. The van der Waals surface area contributed by atoms with Crippen LogP contribution in [-0.2, 0) is 16.0 Å². The van der Waals surface area contributed by atoms with E-state index in [-0.39, 0.29) is 30.4 Å². The van der Waals surface area contributed by atoms with Gasteiger partial charge in [-0.1, -0.05) is 18.2 Å². The van der Waals surface area contributed by atoms with Gasteiger partial charge < -0.3 is 19.3 Å². The fraction of sp³-hybridized carbons (Fsp3) is 0.630. The number of hydrogen-bond acceptors (Lipinski definition) is 4. The van der Waals surface area contributed by atoms with Gasteiger partial charge in [0.15, 0.2) is 0 Å². The maximum absolute atomic E-state index is 14.1. The van der Waals surface area contributed by atoms with Gasteiger partial charge >= 0.3 is 0 Å². The zero-order valence-electron chi connectivity index (χ0n) is 19.5. The number of aryl methyl sites for hydroxylation is 1. The fourth-order valence-corrected chi connectivity index (χ4v) is 6.83. The Balaban J connectivity index is 1.58. The van der Waals surface area contributed by atoms with E-state index < -0.39 is 11.5 Å². The molecular weight excluding hydrogens is 416 g/mol. The van der Waals surface area contributed by atoms with E-state index in [1.807, 2.05) is 15.9 Å². The van der Waals surface area contributed by atoms with E-state index in [0.717, 1.165) is 81.5 Å². The number of allylic oxidation sites excluding steroid dienone is 3. The van der Waals surface area contributed by atoms with E-state index in [1.54, 1.807) is 0 Å². The first-order valence-electron chi connectivity index (χ1n) is 12.7. The van der Waals surface area contributed by atoms with Gasteiger partial charge in [-0.15, -0.1) is 6.58 Å². The second kappa shape index (κ2) is 9.13. The number of likely N-dealkylation sites (tertiary alicyclic amines) is 1. The summed E-state index contributed by atoms with van der Waals surface area (Å²) >= 11 is 0. The molecule has 2 fully saturated rings. The molecule has 4 unspecified atom stereocenters. The van der Waals surface area contributed by atoms with Gasteiger partial charge in [-0.3, -0.25) is 9.59 Å². The van der Waals surface area contributed by atoms with Crippen LogP contribution in [0.1, 0.15) is 86.8 Å². The van der Waals surface area contributed by atoms with E-state index in [1.165, 1.54) is 0 Å². The number of carbonyl (C=O) groups is 2. The molecular formula is C27H36N2O4. The number of amides is 2. The van der Waals surface area contributed by atoms with E-state index in [9.17, 15) is 14.7 Å². The van der Waals surface area contributed by atoms with Crippen LogP contribution in [-0.4, -0.2) is 52.5 Å². The lowest BCUT2D eigenvalue weighted by atomic mass is 9.67. The molecule has 5 heterocycles. The molecule has 4 atom stereocenters. The maximum Gasteiger partial charge on any atom is 0.232 e. The molecule has 0 radical (unpaired) electrons. The number of furan rings is 1. The van der Waals surface area contributed by atoms with E-state index >= 15 is 0 Å². The number of rotatable bonds is 5. The predicted molar refractivity (Wildman–Crippen MR) is 126 cm³/mol. The minimum absolute atomic E-state index is 0.00750. The molecule has 4 aliphatic heterocycles. The van der Waals surface area contributed by atoms with Crippen LogP contribution < -0.4 is 0 Å². The number of piperidine rings is 1. The van der Waals surface area contributed by atoms with Gasteiger partial charge in [0.25, 0.3) is 0 Å². The second-order valence-electron chi connectivity index (χ2n) is 10.1. The smallest absolute Gasteiger partial charge is 0.232 e. The average molecular weight is 453 g/mol. The van der Waals surface area contributed by atoms with E-state index in [0.29, 0.717) is 12.8 Å². The van der Waals surface area contributed by atoms with Crippen molar-refractivity contribution in [2.24, 2.45) is 5.41 Å². The van der Waals surface area contributed by atoms with Gasteiger partial charge in [-0.25, -0.2) is 0 Å². The first-order chi connectivity index (χ1) is 16.1. The molecule has 6 bridgehead atoms. The summed E-state index contributed by atoms with van der Waals surface area (Å²) in [4.78, 5) is 31.5. The highest BCUT2D eigenvalue weighted by molar-refractivity contribution is 5.90. The Bertz CT molecular complexity index is 950. The molecule has 0 aromatic carbocycles. The minimum Gasteiger partial charge on any atom is -0.464 e. The predicted octanol–water partition coefficient (Wildman–Crippen LogP) is 4.26. The molecule has 1 aromatic rings. The van der Waals surface area contributed by atoms with Gasteiger partial charge in [0, 0.05) is 37.4 Å². The Kier molecular flexibility index (Phi) is 6.21. The second-order valence-corrected chi connectivity index (χ2v) is 10.1. The summed E-state index contributed by atoms with van der Waals surface area (Å²) in [6, 6.07) is 1.40. The number of aliphatic hydroxyl groups is 1. The number of hydrogen-bond donors (Lipinski definition) is 1. The largest absolute Gasteiger partial charge is 0.464 e. The van der Waals surface area contributed by atoms with Crippen LogP contribution in [0.25, 0.3) is 0 Å². The number of aliphatic hydroxyl groups excluding tert-OH is 1. The Morgan fingerprint density at radius 3 is 2.94 bits per heavy atom. The molecule has 2 saturated heterocycles. The Morgan fingerprint density at radius 2 is 2.12 bits per heavy atom. The third-order valence-electron chi connectivity index (χ3n) is 8.26. The van der Waals surface area contributed by atoms with Gasteiger partial charge in [0.05, 0.1) is 18.1 Å². The fourth-order valence-electron chi connectivity index (χ4n) is 6.83. The van der Waals surface area contributed by atoms with Crippen molar-refractivity contribution in [1.29, 1.82) is 0 Å². The maximum atomic E-state index is 14.1. The average Bonchev–Trinajstić information content (AvgIpc) is 3.43. The van der Waals surface area contributed by atoms with Crippen molar-refractivity contribution in [2.75, 3.05) is 19.7 Å². The molecule has 1 aliphatic carbocycles. The zero-order chi connectivity index (χ0) is 23.0. The highest BCUT2D eigenvalue weighted by Gasteiger charge is 2.69. The van der Waals surface area contributed by atoms with E-state index in [2.05, 4.69) is 24.8 Å². The molecule has 6 nitrogen and oxygen atoms in total. The van der Waals surface area contributed by atoms with Gasteiger partial charge in [0.1, 0.15) is 17.6 Å². The molecule has 33 heavy (non-hydrogen) atoms. The van der Waals surface area contributed by atoms with Crippen LogP contribution in [0.2, 0.25) is 0 Å². The summed E-state index contributed by atoms with van der Waals surface area (Å²) in [5, 5.41) is 10.3. The van der Waals surface area contributed by atoms with Crippen molar-refractivity contribution in [3.63, 3.8) is 0 Å². The number of nitrogens with zero attached hydrogens (tertiary/aromatic N) is 2. The Morgan fingerprint density at radius 1 is 1.27 bits per heavy atom. The normalized spacial score (nSPS) is 31.1. The van der Waals surface area contributed by atoms with Crippen molar-refractivity contribution >= 4 is 11.8 Å². The highest BCUT2D eigenvalue weighted by atomic mass is 16.3. The van der Waals surface area contributed by atoms with Crippen molar-refractivity contribution < 1.29 is 19.1 Å². The summed E-state index contributed by atoms with van der Waals surface area (Å²) < 4.78 is 6.44. The van der Waals surface area contributed by atoms with Gasteiger partial charge in [-0.05, 0) is 57.4 Å². The summed E-state index contributed by atoms with van der Waals surface area (Å²) in [6.45, 7) is 5.15. The van der Waals surface area contributed by atoms with Crippen LogP contribution in [0.4, 0.5) is 0 Å². The highest BCUT2D eigenvalue weighted by Crippen LogP contribution is 2.67. The van der Waals surface area contributed by atoms with Crippen molar-refractivity contribution in [1.82, 2.24) is 9.80 Å². The molecule has 6 rings (SSSR count). The molecule has 1 N–H and O–H groups in total. The number of unbranched alkanes of at least 4 members (excludes halogenated alkanes) is 1. The summed E-state index contributed by atoms with van der Waals surface area (Å²) in [7, 11) is 0. The number of carbonyl (C=O) groups excluding carboxylic acids is 2. The topological polar surface area (TPSA) is 74.0 Å². The quantitative estimate of drug-likeness (QED) is 0.535. The third kappa shape index (κ3) is 3.58. The summed E-state index contributed by atoms with van der Waals surface area (Å²) in [6.07, 6.45) is 14.4. The molecule has 5 aliphatic rings. The van der Waals surface area contributed by atoms with Crippen molar-refractivity contribution in [2.45, 2.75) is 82.2 Å². The van der Waals surface area contributed by atoms with Crippen molar-refractivity contribution in [3.05, 3.63) is 48.0 Å². The third-order valence-corrected chi connectivity index (χ3v) is 8.26. The summed E-state index contributed by atoms with van der Waals surface area (Å²) in [5.74, 6) is 1.96. The molecule has 1 spiro atoms. The Labute approximate surface area is 196 Å². The van der Waals surface area contributed by atoms with Crippen molar-refractivity contribution in [3.8, 4) is 0 Å². The molecule has 1 aromatic heterocycles. The molecule has 6 heteroatoms. The van der Waals surface area contributed by atoms with E-state index in [4.69, 9.17) is 4.42 Å². The van der Waals surface area contributed by atoms with Crippen LogP contribution in [0.3, 0.4) is 0 Å². The Hall–Kier alpha value is -2.34. The first-order valence-corrected chi connectivity index (χ1v) is 12.7. The minimum atomic E-state index is -0.704. The zero-order valence-corrected chi connectivity index (χ0v) is 19.5. The van der Waals surface area contributed by atoms with Gasteiger partial charge in [0.2, 0.25) is 11.8 Å². The standard InChI is InChI=1S/C27H36N2O4/c1-2-3-8-12-23(31)29-19(18-30)17-27-22-13-15-28(26(27)32)14-10-7-5-4-6-9-11-20-16-21(22)24(33-20)25(27)29/h2,4,6,16,19,22,25,30H,1,3,5,7-15,17-18H2. The van der Waals surface area contributed by atoms with Crippen LogP contribution >= 0.6 is 0 Å². The summed E-state index contributed by atoms with van der Waals surface area (Å²) in [5.41, 5.74) is 0.423. The lowest BCUT2D eigenvalue weighted by Gasteiger charge is -2.44. The van der Waals surface area contributed by atoms with Crippen LogP contribution in [0.5, 0.6) is 0 Å². The number of fused-ring (bicyclic) bond motifs is 7. The molecule has 0 saturated carbocycles. The molecule has 2 amide bonds. The van der Waals surface area contributed by atoms with Crippen LogP contribution in [0.15, 0.2) is 35.3 Å². The monoisotopic (exact) mass is 452 g/mol. The van der Waals surface area contributed by atoms with Crippen LogP contribution in [0, 0.1) is 5.41 Å². The van der Waals surface area contributed by atoms with Gasteiger partial charge in [-0.2, -0.15) is 0 Å².